The summed E-state index contributed by atoms with van der Waals surface area (Å²) in [6.07, 6.45) is -0.654. The summed E-state index contributed by atoms with van der Waals surface area (Å²) >= 11 is 0. The first kappa shape index (κ1) is 16.2. The number of hydrogen-bond acceptors (Lipinski definition) is 3. The van der Waals surface area contributed by atoms with Crippen LogP contribution in [0.5, 0.6) is 0 Å². The third kappa shape index (κ3) is 6.76. The highest BCUT2D eigenvalue weighted by atomic mass is 16.5. The van der Waals surface area contributed by atoms with Crippen LogP contribution in [0.15, 0.2) is 0 Å². The molecular weight excluding hydrogens is 196 g/mol. The zero-order valence-corrected chi connectivity index (χ0v) is 10.4. The van der Waals surface area contributed by atoms with Crippen molar-refractivity contribution in [1.82, 2.24) is 5.32 Å². The highest BCUT2D eigenvalue weighted by molar-refractivity contribution is 5.84. The lowest BCUT2D eigenvalue weighted by Gasteiger charge is -2.27. The largest absolute Gasteiger partial charge is 0.453 e. The van der Waals surface area contributed by atoms with Gasteiger partial charge in [-0.15, -0.1) is 0 Å². The van der Waals surface area contributed by atoms with Gasteiger partial charge in [-0.3, -0.25) is 4.79 Å². The van der Waals surface area contributed by atoms with Crippen LogP contribution in [-0.2, 0) is 9.53 Å². The fourth-order valence-electron chi connectivity index (χ4n) is 0.891. The molecule has 0 spiro atoms. The molecule has 2 amide bonds. The quantitative estimate of drug-likeness (QED) is 0.732. The van der Waals surface area contributed by atoms with Crippen LogP contribution in [-0.4, -0.2) is 25.2 Å². The number of ether oxygens (including phenoxy) is 1. The predicted octanol–water partition coefficient (Wildman–Crippen LogP) is 1.27. The normalized spacial score (nSPS) is 11.9. The average molecular weight is 218 g/mol. The molecule has 0 fully saturated rings. The zero-order valence-electron chi connectivity index (χ0n) is 10.4. The Morgan fingerprint density at radius 3 is 1.87 bits per heavy atom. The molecule has 0 aromatic heterocycles. The maximum absolute atomic E-state index is 10.9. The number of amides is 2. The monoisotopic (exact) mass is 218 g/mol. The molecule has 0 bridgehead atoms. The van der Waals surface area contributed by atoms with E-state index in [1.807, 2.05) is 13.8 Å². The molecule has 0 aliphatic heterocycles. The standard InChI is InChI=1S/C8H16N2O3.C2H6/c1-8(2,3)5(6(9)11)10-7(12)13-4;1-2/h5H,1-4H3,(H2,9,11)(H,10,12);1-2H3. The first-order valence-electron chi connectivity index (χ1n) is 4.93. The average Bonchev–Trinajstić information content (AvgIpc) is 2.14. The molecule has 5 heteroatoms. The molecule has 15 heavy (non-hydrogen) atoms. The molecule has 0 saturated heterocycles. The van der Waals surface area contributed by atoms with Crippen LogP contribution in [0.4, 0.5) is 4.79 Å². The Hall–Kier alpha value is -1.26. The Bertz CT molecular complexity index is 209. The van der Waals surface area contributed by atoms with Crippen LogP contribution in [0.1, 0.15) is 34.6 Å². The second-order valence-electron chi connectivity index (χ2n) is 3.84. The Morgan fingerprint density at radius 2 is 1.67 bits per heavy atom. The Kier molecular flexibility index (Phi) is 7.65. The van der Waals surface area contributed by atoms with Crippen molar-refractivity contribution in [3.05, 3.63) is 0 Å². The van der Waals surface area contributed by atoms with E-state index in [4.69, 9.17) is 5.73 Å². The first-order valence-corrected chi connectivity index (χ1v) is 4.93. The number of nitrogens with two attached hydrogens (primary N) is 1. The fourth-order valence-corrected chi connectivity index (χ4v) is 0.891. The smallest absolute Gasteiger partial charge is 0.407 e. The van der Waals surface area contributed by atoms with E-state index in [-0.39, 0.29) is 0 Å². The van der Waals surface area contributed by atoms with E-state index in [9.17, 15) is 9.59 Å². The Labute approximate surface area is 91.4 Å². The minimum Gasteiger partial charge on any atom is -0.453 e. The van der Waals surface area contributed by atoms with E-state index in [2.05, 4.69) is 10.1 Å². The molecule has 0 aliphatic rings. The van der Waals surface area contributed by atoms with Gasteiger partial charge in [0, 0.05) is 0 Å². The van der Waals surface area contributed by atoms with E-state index in [1.165, 1.54) is 7.11 Å². The number of carbonyl (C=O) groups excluding carboxylic acids is 2. The predicted molar refractivity (Wildman–Crippen MR) is 59.3 cm³/mol. The number of primary amides is 1. The molecule has 5 nitrogen and oxygen atoms in total. The van der Waals surface area contributed by atoms with Gasteiger partial charge in [-0.25, -0.2) is 4.79 Å². The fraction of sp³-hybridized carbons (Fsp3) is 0.800. The van der Waals surface area contributed by atoms with Gasteiger partial charge in [-0.05, 0) is 5.41 Å². The van der Waals surface area contributed by atoms with Crippen LogP contribution in [0, 0.1) is 5.41 Å². The summed E-state index contributed by atoms with van der Waals surface area (Å²) in [4.78, 5) is 21.8. The van der Waals surface area contributed by atoms with Gasteiger partial charge in [0.1, 0.15) is 6.04 Å². The third-order valence-electron chi connectivity index (χ3n) is 1.60. The van der Waals surface area contributed by atoms with Crippen LogP contribution >= 0.6 is 0 Å². The van der Waals surface area contributed by atoms with Crippen LogP contribution < -0.4 is 11.1 Å². The van der Waals surface area contributed by atoms with Gasteiger partial charge >= 0.3 is 6.09 Å². The molecule has 1 atom stereocenters. The lowest BCUT2D eigenvalue weighted by atomic mass is 9.86. The molecule has 0 aliphatic carbocycles. The zero-order chi connectivity index (χ0) is 12.6. The minimum atomic E-state index is -0.722. The van der Waals surface area contributed by atoms with Gasteiger partial charge in [0.05, 0.1) is 7.11 Å². The number of alkyl carbamates (subject to hydrolysis) is 1. The van der Waals surface area contributed by atoms with Crippen molar-refractivity contribution in [2.24, 2.45) is 11.1 Å². The van der Waals surface area contributed by atoms with Crippen LogP contribution in [0.2, 0.25) is 0 Å². The second kappa shape index (κ2) is 7.09. The lowest BCUT2D eigenvalue weighted by Crippen LogP contribution is -2.51. The SMILES string of the molecule is CC.COC(=O)NC(C(N)=O)C(C)(C)C. The Balaban J connectivity index is 0. The van der Waals surface area contributed by atoms with Gasteiger partial charge in [0.15, 0.2) is 0 Å². The van der Waals surface area contributed by atoms with E-state index in [0.29, 0.717) is 0 Å². The molecule has 0 saturated carbocycles. The number of carbonyl (C=O) groups is 2. The summed E-state index contributed by atoms with van der Waals surface area (Å²) in [5.41, 5.74) is 4.70. The molecule has 0 heterocycles. The van der Waals surface area contributed by atoms with Crippen molar-refractivity contribution in [1.29, 1.82) is 0 Å². The maximum atomic E-state index is 10.9. The number of nitrogens with one attached hydrogen (secondary N) is 1. The van der Waals surface area contributed by atoms with Crippen molar-refractivity contribution in [3.8, 4) is 0 Å². The molecule has 0 rings (SSSR count). The first-order chi connectivity index (χ1) is 6.79. The topological polar surface area (TPSA) is 81.4 Å². The van der Waals surface area contributed by atoms with Crippen LogP contribution in [0.25, 0.3) is 0 Å². The van der Waals surface area contributed by atoms with Crippen molar-refractivity contribution in [2.75, 3.05) is 7.11 Å². The highest BCUT2D eigenvalue weighted by Gasteiger charge is 2.31. The second-order valence-corrected chi connectivity index (χ2v) is 3.84. The Morgan fingerprint density at radius 1 is 1.27 bits per heavy atom. The summed E-state index contributed by atoms with van der Waals surface area (Å²) in [6, 6.07) is -0.722. The van der Waals surface area contributed by atoms with Gasteiger partial charge in [-0.2, -0.15) is 0 Å². The lowest BCUT2D eigenvalue weighted by molar-refractivity contribution is -0.122. The van der Waals surface area contributed by atoms with Crippen molar-refractivity contribution < 1.29 is 14.3 Å². The molecular formula is C10H22N2O3. The molecule has 0 radical (unpaired) electrons. The molecule has 3 N–H and O–H groups in total. The summed E-state index contributed by atoms with van der Waals surface area (Å²) < 4.78 is 4.37. The van der Waals surface area contributed by atoms with Crippen molar-refractivity contribution in [2.45, 2.75) is 40.7 Å². The minimum absolute atomic E-state index is 0.417. The van der Waals surface area contributed by atoms with Crippen molar-refractivity contribution in [3.63, 3.8) is 0 Å². The van der Waals surface area contributed by atoms with Crippen LogP contribution in [0.3, 0.4) is 0 Å². The highest BCUT2D eigenvalue weighted by Crippen LogP contribution is 2.18. The van der Waals surface area contributed by atoms with Gasteiger partial charge < -0.3 is 15.8 Å². The number of rotatable bonds is 2. The maximum Gasteiger partial charge on any atom is 0.407 e. The summed E-state index contributed by atoms with van der Waals surface area (Å²) in [7, 11) is 1.23. The third-order valence-corrected chi connectivity index (χ3v) is 1.60. The van der Waals surface area contributed by atoms with E-state index < -0.39 is 23.5 Å². The summed E-state index contributed by atoms with van der Waals surface area (Å²) in [5, 5.41) is 2.37. The summed E-state index contributed by atoms with van der Waals surface area (Å²) in [5.74, 6) is -0.571. The van der Waals surface area contributed by atoms with E-state index in [1.54, 1.807) is 20.8 Å². The van der Waals surface area contributed by atoms with E-state index in [0.717, 1.165) is 0 Å². The van der Waals surface area contributed by atoms with E-state index >= 15 is 0 Å². The molecule has 0 aromatic rings. The summed E-state index contributed by atoms with van der Waals surface area (Å²) in [6.45, 7) is 9.41. The molecule has 90 valence electrons. The molecule has 0 aromatic carbocycles. The van der Waals surface area contributed by atoms with Gasteiger partial charge in [-0.1, -0.05) is 34.6 Å². The van der Waals surface area contributed by atoms with Gasteiger partial charge in [0.25, 0.3) is 0 Å². The molecule has 1 unspecified atom stereocenters. The van der Waals surface area contributed by atoms with Crippen molar-refractivity contribution >= 4 is 12.0 Å². The van der Waals surface area contributed by atoms with Gasteiger partial charge in [0.2, 0.25) is 5.91 Å². The number of methoxy groups -OCH3 is 1. The number of hydrogen-bond donors (Lipinski definition) is 2.